The van der Waals surface area contributed by atoms with Gasteiger partial charge in [-0.1, -0.05) is 39.4 Å². The van der Waals surface area contributed by atoms with Crippen molar-refractivity contribution in [2.75, 3.05) is 18.6 Å². The Labute approximate surface area is 129 Å². The number of carbonyl (C=O) groups excluding carboxylic acids is 1. The molecule has 0 aliphatic carbocycles. The lowest BCUT2D eigenvalue weighted by Crippen LogP contribution is -2.26. The number of nitrogens with zero attached hydrogens (tertiary/aromatic N) is 3. The molecule has 5 nitrogen and oxygen atoms in total. The van der Waals surface area contributed by atoms with Crippen LogP contribution in [0.5, 0.6) is 0 Å². The van der Waals surface area contributed by atoms with E-state index in [1.165, 1.54) is 16.2 Å². The monoisotopic (exact) mass is 355 g/mol. The van der Waals surface area contributed by atoms with Crippen molar-refractivity contribution in [2.24, 2.45) is 0 Å². The second kappa shape index (κ2) is 6.81. The van der Waals surface area contributed by atoms with E-state index < -0.39 is 6.09 Å². The number of halogens is 1. The smallest absolute Gasteiger partial charge is 0.415 e. The zero-order valence-electron chi connectivity index (χ0n) is 11.2. The van der Waals surface area contributed by atoms with Gasteiger partial charge >= 0.3 is 6.09 Å². The van der Waals surface area contributed by atoms with Crippen LogP contribution in [0.25, 0.3) is 0 Å². The highest BCUT2D eigenvalue weighted by molar-refractivity contribution is 9.10. The minimum atomic E-state index is -0.419. The number of amides is 1. The van der Waals surface area contributed by atoms with Gasteiger partial charge in [-0.15, -0.1) is 10.2 Å². The molecule has 0 radical (unpaired) electrons. The van der Waals surface area contributed by atoms with E-state index in [0.29, 0.717) is 18.2 Å². The van der Waals surface area contributed by atoms with Crippen LogP contribution in [0.2, 0.25) is 0 Å². The van der Waals surface area contributed by atoms with Gasteiger partial charge in [-0.2, -0.15) is 0 Å². The molecule has 7 heteroatoms. The summed E-state index contributed by atoms with van der Waals surface area (Å²) in [6, 6.07) is 8.02. The number of rotatable bonds is 4. The number of hydrogen-bond donors (Lipinski definition) is 0. The fourth-order valence-electron chi connectivity index (χ4n) is 1.57. The summed E-state index contributed by atoms with van der Waals surface area (Å²) in [6.07, 6.45) is 0.269. The molecule has 106 valence electrons. The Morgan fingerprint density at radius 2 is 2.25 bits per heavy atom. The largest absolute Gasteiger partial charge is 0.449 e. The van der Waals surface area contributed by atoms with E-state index in [4.69, 9.17) is 4.74 Å². The van der Waals surface area contributed by atoms with Crippen LogP contribution in [0.3, 0.4) is 0 Å². The molecule has 1 amide bonds. The van der Waals surface area contributed by atoms with Gasteiger partial charge < -0.3 is 4.74 Å². The SMILES string of the molecule is CCOC(=O)N(C)c1nnc(Cc2cccc(Br)c2)s1. The predicted octanol–water partition coefficient (Wildman–Crippen LogP) is 3.48. The minimum absolute atomic E-state index is 0.340. The van der Waals surface area contributed by atoms with Gasteiger partial charge in [0.1, 0.15) is 5.01 Å². The van der Waals surface area contributed by atoms with Crippen molar-refractivity contribution in [2.45, 2.75) is 13.3 Å². The summed E-state index contributed by atoms with van der Waals surface area (Å²) in [4.78, 5) is 13.0. The summed E-state index contributed by atoms with van der Waals surface area (Å²) in [5.41, 5.74) is 1.14. The first-order valence-corrected chi connectivity index (χ1v) is 7.68. The number of hydrogen-bond acceptors (Lipinski definition) is 5. The summed E-state index contributed by atoms with van der Waals surface area (Å²) < 4.78 is 5.95. The maximum atomic E-state index is 11.6. The molecular weight excluding hydrogens is 342 g/mol. The lowest BCUT2D eigenvalue weighted by Gasteiger charge is -2.11. The van der Waals surface area contributed by atoms with Crippen LogP contribution in [0.1, 0.15) is 17.5 Å². The third kappa shape index (κ3) is 3.77. The zero-order chi connectivity index (χ0) is 14.5. The van der Waals surface area contributed by atoms with Gasteiger partial charge in [-0.25, -0.2) is 4.79 Å². The highest BCUT2D eigenvalue weighted by Crippen LogP contribution is 2.23. The van der Waals surface area contributed by atoms with E-state index in [1.807, 2.05) is 24.3 Å². The average Bonchev–Trinajstić information content (AvgIpc) is 2.86. The Bertz CT molecular complexity index is 603. The normalized spacial score (nSPS) is 10.3. The van der Waals surface area contributed by atoms with E-state index in [2.05, 4.69) is 26.1 Å². The van der Waals surface area contributed by atoms with E-state index in [9.17, 15) is 4.79 Å². The van der Waals surface area contributed by atoms with Gasteiger partial charge in [-0.05, 0) is 24.6 Å². The second-order valence-corrected chi connectivity index (χ2v) is 6.00. The van der Waals surface area contributed by atoms with E-state index in [1.54, 1.807) is 14.0 Å². The highest BCUT2D eigenvalue weighted by Gasteiger charge is 2.16. The molecule has 2 rings (SSSR count). The summed E-state index contributed by atoms with van der Waals surface area (Å²) in [5, 5.41) is 9.52. The first-order valence-electron chi connectivity index (χ1n) is 6.07. The van der Waals surface area contributed by atoms with Crippen molar-refractivity contribution in [3.05, 3.63) is 39.3 Å². The molecule has 1 heterocycles. The topological polar surface area (TPSA) is 55.3 Å². The molecule has 1 aromatic heterocycles. The van der Waals surface area contributed by atoms with Crippen LogP contribution in [-0.2, 0) is 11.2 Å². The zero-order valence-corrected chi connectivity index (χ0v) is 13.6. The van der Waals surface area contributed by atoms with Gasteiger partial charge in [0.15, 0.2) is 0 Å². The van der Waals surface area contributed by atoms with Gasteiger partial charge in [0.05, 0.1) is 6.61 Å². The number of benzene rings is 1. The van der Waals surface area contributed by atoms with Crippen molar-refractivity contribution in [3.8, 4) is 0 Å². The molecule has 0 aliphatic heterocycles. The molecule has 0 aliphatic rings. The third-order valence-electron chi connectivity index (χ3n) is 2.53. The maximum absolute atomic E-state index is 11.6. The molecule has 0 saturated carbocycles. The first-order chi connectivity index (χ1) is 9.60. The van der Waals surface area contributed by atoms with E-state index >= 15 is 0 Å². The molecule has 0 N–H and O–H groups in total. The Morgan fingerprint density at radius 1 is 1.45 bits per heavy atom. The van der Waals surface area contributed by atoms with Crippen molar-refractivity contribution >= 4 is 38.5 Å². The lowest BCUT2D eigenvalue weighted by atomic mass is 10.2. The van der Waals surface area contributed by atoms with Gasteiger partial charge in [0.2, 0.25) is 5.13 Å². The number of carbonyl (C=O) groups is 1. The molecule has 20 heavy (non-hydrogen) atoms. The second-order valence-electron chi connectivity index (χ2n) is 4.04. The van der Waals surface area contributed by atoms with E-state index in [0.717, 1.165) is 15.0 Å². The summed E-state index contributed by atoms with van der Waals surface area (Å²) >= 11 is 4.82. The van der Waals surface area contributed by atoms with Crippen LogP contribution in [0.4, 0.5) is 9.93 Å². The molecule has 0 bridgehead atoms. The first kappa shape index (κ1) is 14.9. The molecule has 2 aromatic rings. The highest BCUT2D eigenvalue weighted by atomic mass is 79.9. The molecule has 0 fully saturated rings. The Balaban J connectivity index is 2.07. The van der Waals surface area contributed by atoms with Gasteiger partial charge in [-0.3, -0.25) is 4.90 Å². The summed E-state index contributed by atoms with van der Waals surface area (Å²) in [6.45, 7) is 2.11. The molecule has 0 atom stereocenters. The molecular formula is C13H14BrN3O2S. The molecule has 0 saturated heterocycles. The summed E-state index contributed by atoms with van der Waals surface area (Å²) in [7, 11) is 1.63. The van der Waals surface area contributed by atoms with E-state index in [-0.39, 0.29) is 0 Å². The van der Waals surface area contributed by atoms with Crippen LogP contribution in [0, 0.1) is 0 Å². The van der Waals surface area contributed by atoms with Crippen LogP contribution >= 0.6 is 27.3 Å². The van der Waals surface area contributed by atoms with Crippen molar-refractivity contribution in [1.82, 2.24) is 10.2 Å². The van der Waals surface area contributed by atoms with Crippen LogP contribution < -0.4 is 4.90 Å². The standard InChI is InChI=1S/C13H14BrN3O2S/c1-3-19-13(18)17(2)12-16-15-11(20-12)8-9-5-4-6-10(14)7-9/h4-7H,3,8H2,1-2H3. The maximum Gasteiger partial charge on any atom is 0.415 e. The summed E-state index contributed by atoms with van der Waals surface area (Å²) in [5.74, 6) is 0. The average molecular weight is 356 g/mol. The number of aromatic nitrogens is 2. The molecule has 0 unspecified atom stereocenters. The van der Waals surface area contributed by atoms with Gasteiger partial charge in [0, 0.05) is 17.9 Å². The fraction of sp³-hybridized carbons (Fsp3) is 0.308. The van der Waals surface area contributed by atoms with Crippen molar-refractivity contribution < 1.29 is 9.53 Å². The molecule has 0 spiro atoms. The van der Waals surface area contributed by atoms with Crippen LogP contribution in [-0.4, -0.2) is 29.9 Å². The Kier molecular flexibility index (Phi) is 5.08. The Morgan fingerprint density at radius 3 is 2.95 bits per heavy atom. The van der Waals surface area contributed by atoms with Crippen molar-refractivity contribution in [3.63, 3.8) is 0 Å². The van der Waals surface area contributed by atoms with Crippen LogP contribution in [0.15, 0.2) is 28.7 Å². The van der Waals surface area contributed by atoms with Crippen molar-refractivity contribution in [1.29, 1.82) is 0 Å². The number of anilines is 1. The number of ether oxygens (including phenoxy) is 1. The predicted molar refractivity (Wildman–Crippen MR) is 82.3 cm³/mol. The minimum Gasteiger partial charge on any atom is -0.449 e. The van der Waals surface area contributed by atoms with Gasteiger partial charge in [0.25, 0.3) is 0 Å². The Hall–Kier alpha value is -1.47. The third-order valence-corrected chi connectivity index (χ3v) is 4.02. The quantitative estimate of drug-likeness (QED) is 0.842. The lowest BCUT2D eigenvalue weighted by molar-refractivity contribution is 0.161. The fourth-order valence-corrected chi connectivity index (χ4v) is 2.84. The molecule has 1 aromatic carbocycles.